The van der Waals surface area contributed by atoms with Gasteiger partial charge in [0.1, 0.15) is 25.2 Å². The molecular formula is C30H37N9O6. The quantitative estimate of drug-likeness (QED) is 0.361. The normalized spacial score (nSPS) is 16.0. The number of carbonyl (C=O) groups excluding carboxylic acids is 3. The van der Waals surface area contributed by atoms with Gasteiger partial charge in [-0.1, -0.05) is 19.1 Å². The molecule has 45 heavy (non-hydrogen) atoms. The third-order valence-corrected chi connectivity index (χ3v) is 7.98. The third-order valence-electron chi connectivity index (χ3n) is 7.98. The van der Waals surface area contributed by atoms with Crippen LogP contribution in [0.25, 0.3) is 11.0 Å². The lowest BCUT2D eigenvalue weighted by Gasteiger charge is -2.42. The zero-order valence-corrected chi connectivity index (χ0v) is 25.7. The maximum atomic E-state index is 13.4. The minimum atomic E-state index is -1.17. The Morgan fingerprint density at radius 1 is 1.09 bits per heavy atom. The third kappa shape index (κ3) is 7.77. The average molecular weight is 620 g/mol. The molecule has 1 aliphatic heterocycles. The number of nitrogens with zero attached hydrogens (tertiary/aromatic N) is 8. The number of anilines is 2. The first-order chi connectivity index (χ1) is 21.5. The van der Waals surface area contributed by atoms with Gasteiger partial charge in [-0.05, 0) is 36.1 Å². The van der Waals surface area contributed by atoms with E-state index in [1.165, 1.54) is 20.7 Å². The summed E-state index contributed by atoms with van der Waals surface area (Å²) in [4.78, 5) is 64.5. The second-order valence-electron chi connectivity index (χ2n) is 11.0. The number of aromatic nitrogens is 3. The number of hydrogen-bond donors (Lipinski definition) is 2. The number of amides is 4. The number of nitriles is 1. The highest BCUT2D eigenvalue weighted by atomic mass is 16.6. The van der Waals surface area contributed by atoms with E-state index < -0.39 is 12.2 Å². The number of fused-ring (bicyclic) bond motifs is 1. The van der Waals surface area contributed by atoms with Crippen molar-refractivity contribution < 1.29 is 29.0 Å². The molecule has 1 saturated heterocycles. The van der Waals surface area contributed by atoms with Gasteiger partial charge in [-0.2, -0.15) is 5.26 Å². The molecular weight excluding hydrogens is 582 g/mol. The number of likely N-dealkylation sites (tertiary alicyclic amines) is 1. The molecule has 15 heteroatoms. The summed E-state index contributed by atoms with van der Waals surface area (Å²) in [6.07, 6.45) is 1.95. The van der Waals surface area contributed by atoms with Gasteiger partial charge in [0.25, 0.3) is 0 Å². The van der Waals surface area contributed by atoms with Crippen LogP contribution in [0.1, 0.15) is 25.3 Å². The van der Waals surface area contributed by atoms with Crippen LogP contribution in [0.5, 0.6) is 0 Å². The van der Waals surface area contributed by atoms with Crippen molar-refractivity contribution in [3.8, 4) is 6.07 Å². The summed E-state index contributed by atoms with van der Waals surface area (Å²) >= 11 is 0. The largest absolute Gasteiger partial charge is 0.465 e. The first-order valence-corrected chi connectivity index (χ1v) is 14.4. The summed E-state index contributed by atoms with van der Waals surface area (Å²) in [5, 5.41) is 20.7. The lowest BCUT2D eigenvalue weighted by atomic mass is 9.92. The minimum absolute atomic E-state index is 0.00494. The summed E-state index contributed by atoms with van der Waals surface area (Å²) in [6, 6.07) is 9.79. The van der Waals surface area contributed by atoms with Crippen LogP contribution in [0.2, 0.25) is 0 Å². The van der Waals surface area contributed by atoms with Gasteiger partial charge in [0.2, 0.25) is 5.91 Å². The van der Waals surface area contributed by atoms with E-state index >= 15 is 0 Å². The van der Waals surface area contributed by atoms with Crippen LogP contribution in [0.15, 0.2) is 42.9 Å². The highest BCUT2D eigenvalue weighted by molar-refractivity contribution is 5.95. The lowest BCUT2D eigenvalue weighted by Crippen LogP contribution is -2.52. The maximum absolute atomic E-state index is 13.4. The number of hydrogen-bond acceptors (Lipinski definition) is 9. The van der Waals surface area contributed by atoms with Gasteiger partial charge in [-0.15, -0.1) is 0 Å². The smallest absolute Gasteiger partial charge is 0.409 e. The number of rotatable bonds is 9. The summed E-state index contributed by atoms with van der Waals surface area (Å²) in [6.45, 7) is 3.65. The van der Waals surface area contributed by atoms with Crippen LogP contribution in [-0.4, -0.2) is 112 Å². The number of nitrogens with one attached hydrogen (secondary N) is 1. The molecule has 3 heterocycles. The van der Waals surface area contributed by atoms with Crippen molar-refractivity contribution in [2.75, 3.05) is 57.5 Å². The number of likely N-dealkylation sites (N-methyl/N-ethyl adjacent to an activating group) is 3. The Bertz CT molecular complexity index is 1580. The van der Waals surface area contributed by atoms with Gasteiger partial charge >= 0.3 is 18.2 Å². The topological polar surface area (TPSA) is 177 Å². The number of benzene rings is 1. The highest BCUT2D eigenvalue weighted by Crippen LogP contribution is 2.30. The average Bonchev–Trinajstić information content (AvgIpc) is 3.46. The Kier molecular flexibility index (Phi) is 10.4. The van der Waals surface area contributed by atoms with Gasteiger partial charge in [0.15, 0.2) is 5.65 Å². The maximum Gasteiger partial charge on any atom is 0.409 e. The van der Waals surface area contributed by atoms with Gasteiger partial charge in [0.05, 0.1) is 17.5 Å². The molecule has 238 valence electrons. The van der Waals surface area contributed by atoms with E-state index in [1.807, 2.05) is 18.0 Å². The summed E-state index contributed by atoms with van der Waals surface area (Å²) in [5.41, 5.74) is 1.53. The van der Waals surface area contributed by atoms with Gasteiger partial charge < -0.3 is 29.4 Å². The predicted molar refractivity (Wildman–Crippen MR) is 165 cm³/mol. The van der Waals surface area contributed by atoms with E-state index in [4.69, 9.17) is 15.1 Å². The van der Waals surface area contributed by atoms with Gasteiger partial charge in [0, 0.05) is 59.2 Å². The number of ether oxygens (including phenoxy) is 1. The van der Waals surface area contributed by atoms with E-state index in [0.29, 0.717) is 41.2 Å². The molecule has 3 aromatic rings. The minimum Gasteiger partial charge on any atom is -0.465 e. The first-order valence-electron chi connectivity index (χ1n) is 14.4. The van der Waals surface area contributed by atoms with Crippen LogP contribution in [0.3, 0.4) is 0 Å². The SMILES string of the molecule is C[C@@H]1CCN(C(=O)CC#N)C[C@@H]1N(C)c1ncnc2c1ccn2C(=O)N(C)CCN(C)C(=O)OCc1ccc(NC(=O)O)cc1. The van der Waals surface area contributed by atoms with Crippen molar-refractivity contribution in [1.82, 2.24) is 29.2 Å². The summed E-state index contributed by atoms with van der Waals surface area (Å²) in [7, 11) is 5.11. The second kappa shape index (κ2) is 14.4. The van der Waals surface area contributed by atoms with E-state index in [1.54, 1.807) is 55.5 Å². The molecule has 0 saturated carbocycles. The fraction of sp³-hybridized carbons (Fsp3) is 0.433. The summed E-state index contributed by atoms with van der Waals surface area (Å²) < 4.78 is 6.78. The first kappa shape index (κ1) is 32.5. The second-order valence-corrected chi connectivity index (χ2v) is 11.0. The molecule has 0 unspecified atom stereocenters. The molecule has 1 aromatic carbocycles. The van der Waals surface area contributed by atoms with E-state index in [0.717, 1.165) is 6.42 Å². The van der Waals surface area contributed by atoms with Crippen LogP contribution in [-0.2, 0) is 16.1 Å². The molecule has 4 rings (SSSR count). The molecule has 1 aliphatic rings. The van der Waals surface area contributed by atoms with E-state index in [9.17, 15) is 19.2 Å². The number of carbonyl (C=O) groups is 4. The molecule has 0 spiro atoms. The van der Waals surface area contributed by atoms with E-state index in [2.05, 4.69) is 22.2 Å². The van der Waals surface area contributed by atoms with Crippen molar-refractivity contribution in [2.45, 2.75) is 32.4 Å². The molecule has 0 bridgehead atoms. The van der Waals surface area contributed by atoms with Crippen molar-refractivity contribution in [3.63, 3.8) is 0 Å². The Balaban J connectivity index is 1.35. The number of piperidine rings is 1. The van der Waals surface area contributed by atoms with E-state index in [-0.39, 0.29) is 50.0 Å². The molecule has 4 amide bonds. The van der Waals surface area contributed by atoms with Crippen LogP contribution in [0, 0.1) is 17.2 Å². The predicted octanol–water partition coefficient (Wildman–Crippen LogP) is 3.28. The number of carboxylic acid groups (broad SMARTS) is 1. The van der Waals surface area contributed by atoms with Gasteiger partial charge in [-0.3, -0.25) is 14.7 Å². The molecule has 2 aromatic heterocycles. The fourth-order valence-electron chi connectivity index (χ4n) is 5.22. The standard InChI is InChI=1S/C30H37N9O6/c1-20-10-13-38(25(40)9-12-31)17-24(20)37(4)26-23-11-14-39(27(23)33-19-32-26)29(43)35(2)15-16-36(3)30(44)45-18-21-5-7-22(8-6-21)34-28(41)42/h5-8,11,14,19-20,24,34H,9-10,13,15-18H2,1-4H3,(H,41,42)/t20-,24+/m1/s1. The fourth-order valence-corrected chi connectivity index (χ4v) is 5.22. The zero-order chi connectivity index (χ0) is 32.7. The molecule has 15 nitrogen and oxygen atoms in total. The zero-order valence-electron chi connectivity index (χ0n) is 25.7. The van der Waals surface area contributed by atoms with Crippen molar-refractivity contribution >= 4 is 46.7 Å². The Morgan fingerprint density at radius 3 is 2.49 bits per heavy atom. The van der Waals surface area contributed by atoms with Crippen molar-refractivity contribution in [3.05, 3.63) is 48.4 Å². The lowest BCUT2D eigenvalue weighted by molar-refractivity contribution is -0.131. The monoisotopic (exact) mass is 619 g/mol. The summed E-state index contributed by atoms with van der Waals surface area (Å²) in [5.74, 6) is 0.721. The Labute approximate surface area is 260 Å². The Morgan fingerprint density at radius 2 is 1.80 bits per heavy atom. The molecule has 2 atom stereocenters. The van der Waals surface area contributed by atoms with Crippen LogP contribution >= 0.6 is 0 Å². The highest BCUT2D eigenvalue weighted by Gasteiger charge is 2.33. The van der Waals surface area contributed by atoms with Crippen LogP contribution in [0.4, 0.5) is 25.9 Å². The Hall–Kier alpha value is -5.39. The van der Waals surface area contributed by atoms with Crippen molar-refractivity contribution in [1.29, 1.82) is 5.26 Å². The molecule has 0 aliphatic carbocycles. The molecule has 2 N–H and O–H groups in total. The van der Waals surface area contributed by atoms with Gasteiger partial charge in [-0.25, -0.2) is 24.4 Å². The molecule has 1 fully saturated rings. The molecule has 0 radical (unpaired) electrons. The van der Waals surface area contributed by atoms with Crippen LogP contribution < -0.4 is 10.2 Å². The van der Waals surface area contributed by atoms with Crippen molar-refractivity contribution in [2.24, 2.45) is 5.92 Å².